The normalized spacial score (nSPS) is 21.2. The number of para-hydroxylation sites is 2. The molecule has 1 saturated carbocycles. The summed E-state index contributed by atoms with van der Waals surface area (Å²) in [5.41, 5.74) is 3.79. The molecule has 0 saturated heterocycles. The molecule has 124 valence electrons. The first-order valence-electron chi connectivity index (χ1n) is 8.52. The van der Waals surface area contributed by atoms with E-state index in [0.29, 0.717) is 12.5 Å². The number of ether oxygens (including phenoxy) is 1. The summed E-state index contributed by atoms with van der Waals surface area (Å²) < 4.78 is 11.8. The van der Waals surface area contributed by atoms with Crippen LogP contribution in [-0.4, -0.2) is 22.3 Å². The third-order valence-corrected chi connectivity index (χ3v) is 4.62. The van der Waals surface area contributed by atoms with E-state index in [4.69, 9.17) is 9.15 Å². The van der Waals surface area contributed by atoms with Crippen LogP contribution in [0.4, 0.5) is 0 Å². The van der Waals surface area contributed by atoms with E-state index in [2.05, 4.69) is 17.1 Å². The quantitative estimate of drug-likeness (QED) is 0.777. The molecule has 0 amide bonds. The molecule has 1 aromatic heterocycles. The van der Waals surface area contributed by atoms with Gasteiger partial charge < -0.3 is 14.3 Å². The van der Waals surface area contributed by atoms with Crippen LogP contribution in [0.5, 0.6) is 0 Å². The van der Waals surface area contributed by atoms with Gasteiger partial charge in [-0.15, -0.1) is 0 Å². The van der Waals surface area contributed by atoms with Crippen molar-refractivity contribution >= 4 is 11.1 Å². The number of aliphatic hydroxyl groups excluding tert-OH is 1. The van der Waals surface area contributed by atoms with Gasteiger partial charge in [-0.1, -0.05) is 24.3 Å². The molecule has 1 heterocycles. The number of aromatic nitrogens is 1. The van der Waals surface area contributed by atoms with Gasteiger partial charge in [0, 0.05) is 5.56 Å². The minimum absolute atomic E-state index is 0.138. The van der Waals surface area contributed by atoms with Crippen molar-refractivity contribution in [1.29, 1.82) is 0 Å². The third-order valence-electron chi connectivity index (χ3n) is 4.62. The van der Waals surface area contributed by atoms with Crippen molar-refractivity contribution in [3.05, 3.63) is 54.1 Å². The highest BCUT2D eigenvalue weighted by Gasteiger charge is 2.19. The van der Waals surface area contributed by atoms with Crippen molar-refractivity contribution in [3.8, 4) is 11.5 Å². The zero-order valence-electron chi connectivity index (χ0n) is 13.5. The SMILES string of the molecule is OC1CCC(OCc2ccc(-c3nc4ccccc4o3)cc2)CC1. The minimum Gasteiger partial charge on any atom is -0.436 e. The number of aliphatic hydroxyl groups is 1. The van der Waals surface area contributed by atoms with Crippen molar-refractivity contribution in [1.82, 2.24) is 4.98 Å². The Morgan fingerprint density at radius 3 is 2.50 bits per heavy atom. The molecule has 0 spiro atoms. The summed E-state index contributed by atoms with van der Waals surface area (Å²) in [6.45, 7) is 0.606. The maximum Gasteiger partial charge on any atom is 0.227 e. The van der Waals surface area contributed by atoms with Crippen molar-refractivity contribution in [3.63, 3.8) is 0 Å². The molecule has 2 aromatic carbocycles. The van der Waals surface area contributed by atoms with Crippen LogP contribution in [0.1, 0.15) is 31.2 Å². The lowest BCUT2D eigenvalue weighted by Crippen LogP contribution is -2.24. The highest BCUT2D eigenvalue weighted by molar-refractivity contribution is 5.75. The summed E-state index contributed by atoms with van der Waals surface area (Å²) in [5.74, 6) is 0.643. The minimum atomic E-state index is -0.138. The number of hydrogen-bond acceptors (Lipinski definition) is 4. The van der Waals surface area contributed by atoms with Crippen LogP contribution >= 0.6 is 0 Å². The van der Waals surface area contributed by atoms with E-state index in [9.17, 15) is 5.11 Å². The van der Waals surface area contributed by atoms with Crippen LogP contribution in [0.2, 0.25) is 0 Å². The summed E-state index contributed by atoms with van der Waals surface area (Å²) >= 11 is 0. The van der Waals surface area contributed by atoms with E-state index < -0.39 is 0 Å². The molecule has 24 heavy (non-hydrogen) atoms. The highest BCUT2D eigenvalue weighted by Crippen LogP contribution is 2.25. The topological polar surface area (TPSA) is 55.5 Å². The van der Waals surface area contributed by atoms with E-state index in [0.717, 1.165) is 47.9 Å². The van der Waals surface area contributed by atoms with Gasteiger partial charge in [-0.2, -0.15) is 0 Å². The third kappa shape index (κ3) is 3.35. The summed E-state index contributed by atoms with van der Waals surface area (Å²) in [7, 11) is 0. The number of nitrogens with zero attached hydrogens (tertiary/aromatic N) is 1. The van der Waals surface area contributed by atoms with Gasteiger partial charge in [0.1, 0.15) is 5.52 Å². The fourth-order valence-corrected chi connectivity index (χ4v) is 3.17. The van der Waals surface area contributed by atoms with Gasteiger partial charge in [0.2, 0.25) is 5.89 Å². The van der Waals surface area contributed by atoms with Gasteiger partial charge in [-0.25, -0.2) is 4.98 Å². The van der Waals surface area contributed by atoms with Crippen molar-refractivity contribution < 1.29 is 14.3 Å². The van der Waals surface area contributed by atoms with Crippen molar-refractivity contribution in [2.75, 3.05) is 0 Å². The first-order valence-corrected chi connectivity index (χ1v) is 8.52. The van der Waals surface area contributed by atoms with Crippen LogP contribution in [-0.2, 0) is 11.3 Å². The van der Waals surface area contributed by atoms with E-state index in [1.165, 1.54) is 0 Å². The molecule has 1 fully saturated rings. The Labute approximate surface area is 141 Å². The molecule has 0 bridgehead atoms. The van der Waals surface area contributed by atoms with Crippen LogP contribution in [0, 0.1) is 0 Å². The summed E-state index contributed by atoms with van der Waals surface area (Å²) in [5, 5.41) is 9.53. The number of benzene rings is 2. The summed E-state index contributed by atoms with van der Waals surface area (Å²) in [6, 6.07) is 15.9. The molecule has 4 rings (SSSR count). The van der Waals surface area contributed by atoms with Crippen LogP contribution in [0.3, 0.4) is 0 Å². The van der Waals surface area contributed by atoms with Crippen LogP contribution < -0.4 is 0 Å². The first kappa shape index (κ1) is 15.4. The lowest BCUT2D eigenvalue weighted by molar-refractivity contribution is -0.0118. The number of oxazole rings is 1. The smallest absolute Gasteiger partial charge is 0.227 e. The molecular weight excluding hydrogens is 302 g/mol. The molecule has 0 atom stereocenters. The maximum absolute atomic E-state index is 9.53. The highest BCUT2D eigenvalue weighted by atomic mass is 16.5. The average molecular weight is 323 g/mol. The Hall–Kier alpha value is -2.17. The Morgan fingerprint density at radius 1 is 1.00 bits per heavy atom. The first-order chi connectivity index (χ1) is 11.8. The lowest BCUT2D eigenvalue weighted by atomic mass is 9.95. The fourth-order valence-electron chi connectivity index (χ4n) is 3.17. The molecular formula is C20H21NO3. The van der Waals surface area contributed by atoms with E-state index in [-0.39, 0.29) is 12.2 Å². The Kier molecular flexibility index (Phi) is 4.32. The van der Waals surface area contributed by atoms with Gasteiger partial charge >= 0.3 is 0 Å². The summed E-state index contributed by atoms with van der Waals surface area (Å²) in [4.78, 5) is 4.52. The van der Waals surface area contributed by atoms with Gasteiger partial charge in [0.15, 0.2) is 5.58 Å². The Balaban J connectivity index is 1.41. The number of fused-ring (bicyclic) bond motifs is 1. The molecule has 1 aliphatic rings. The fraction of sp³-hybridized carbons (Fsp3) is 0.350. The van der Waals surface area contributed by atoms with Gasteiger partial charge in [0.25, 0.3) is 0 Å². The second kappa shape index (κ2) is 6.75. The second-order valence-electron chi connectivity index (χ2n) is 6.43. The molecule has 0 aliphatic heterocycles. The number of rotatable bonds is 4. The predicted octanol–water partition coefficient (Wildman–Crippen LogP) is 4.31. The van der Waals surface area contributed by atoms with E-state index >= 15 is 0 Å². The van der Waals surface area contributed by atoms with Crippen molar-refractivity contribution in [2.24, 2.45) is 0 Å². The summed E-state index contributed by atoms with van der Waals surface area (Å²) in [6.07, 6.45) is 3.72. The molecule has 1 N–H and O–H groups in total. The molecule has 1 aliphatic carbocycles. The maximum atomic E-state index is 9.53. The zero-order chi connectivity index (χ0) is 16.4. The van der Waals surface area contributed by atoms with E-state index in [1.54, 1.807) is 0 Å². The lowest BCUT2D eigenvalue weighted by Gasteiger charge is -2.25. The van der Waals surface area contributed by atoms with E-state index in [1.807, 2.05) is 36.4 Å². The molecule has 0 radical (unpaired) electrons. The molecule has 4 nitrogen and oxygen atoms in total. The van der Waals surface area contributed by atoms with Crippen LogP contribution in [0.15, 0.2) is 52.9 Å². The standard InChI is InChI=1S/C20H21NO3/c22-16-9-11-17(12-10-16)23-13-14-5-7-15(8-6-14)20-21-18-3-1-2-4-19(18)24-20/h1-8,16-17,22H,9-13H2. The average Bonchev–Trinajstić information content (AvgIpc) is 3.06. The molecule has 4 heteroatoms. The zero-order valence-corrected chi connectivity index (χ0v) is 13.5. The Bertz CT molecular complexity index is 768. The van der Waals surface area contributed by atoms with Gasteiger partial charge in [-0.05, 0) is 55.5 Å². The second-order valence-corrected chi connectivity index (χ2v) is 6.43. The van der Waals surface area contributed by atoms with Gasteiger partial charge in [-0.3, -0.25) is 0 Å². The van der Waals surface area contributed by atoms with Crippen molar-refractivity contribution in [2.45, 2.75) is 44.5 Å². The molecule has 0 unspecified atom stereocenters. The predicted molar refractivity (Wildman–Crippen MR) is 92.5 cm³/mol. The van der Waals surface area contributed by atoms with Crippen LogP contribution in [0.25, 0.3) is 22.6 Å². The monoisotopic (exact) mass is 323 g/mol. The van der Waals surface area contributed by atoms with Gasteiger partial charge in [0.05, 0.1) is 18.8 Å². The Morgan fingerprint density at radius 2 is 1.75 bits per heavy atom. The number of hydrogen-bond donors (Lipinski definition) is 1. The molecule has 3 aromatic rings. The largest absolute Gasteiger partial charge is 0.436 e.